The van der Waals surface area contributed by atoms with Crippen molar-refractivity contribution in [1.29, 1.82) is 5.26 Å². The van der Waals surface area contributed by atoms with Crippen molar-refractivity contribution in [3.05, 3.63) is 29.8 Å². The molecule has 0 saturated heterocycles. The molecule has 72 valence electrons. The molecule has 0 aromatic heterocycles. The maximum Gasteiger partial charge on any atom is 0.185 e. The quantitative estimate of drug-likeness (QED) is 0.529. The van der Waals surface area contributed by atoms with Crippen LogP contribution in [0.15, 0.2) is 29.3 Å². The molecule has 0 aliphatic heterocycles. The smallest absolute Gasteiger partial charge is 0.185 e. The van der Waals surface area contributed by atoms with E-state index in [-0.39, 0.29) is 0 Å². The number of ether oxygens (including phenoxy) is 1. The molecule has 0 aliphatic rings. The summed E-state index contributed by atoms with van der Waals surface area (Å²) in [5.74, 6) is 0.579. The topological polar surface area (TPSA) is 45.4 Å². The van der Waals surface area contributed by atoms with Crippen molar-refractivity contribution in [2.24, 2.45) is 4.99 Å². The normalized spacial score (nSPS) is 10.8. The number of para-hydroxylation sites is 1. The minimum atomic E-state index is 0.562. The lowest BCUT2D eigenvalue weighted by atomic mass is 10.2. The zero-order valence-electron chi connectivity index (χ0n) is 8.32. The van der Waals surface area contributed by atoms with Crippen molar-refractivity contribution in [3.63, 3.8) is 0 Å². The Morgan fingerprint density at radius 2 is 2.21 bits per heavy atom. The third kappa shape index (κ3) is 2.60. The molecule has 0 saturated carbocycles. The van der Waals surface area contributed by atoms with E-state index in [0.29, 0.717) is 23.8 Å². The van der Waals surface area contributed by atoms with E-state index in [0.717, 1.165) is 0 Å². The second-order valence-corrected chi connectivity index (χ2v) is 2.69. The molecule has 0 bridgehead atoms. The van der Waals surface area contributed by atoms with Gasteiger partial charge in [0.1, 0.15) is 6.07 Å². The molecule has 0 N–H and O–H groups in total. The number of nitrogens with zero attached hydrogens (tertiary/aromatic N) is 2. The summed E-state index contributed by atoms with van der Waals surface area (Å²) in [6.45, 7) is 4.26. The van der Waals surface area contributed by atoms with E-state index < -0.39 is 0 Å². The minimum Gasteiger partial charge on any atom is -0.481 e. The molecule has 0 atom stereocenters. The summed E-state index contributed by atoms with van der Waals surface area (Å²) in [4.78, 5) is 4.19. The molecular formula is C11H12N2O. The molecule has 3 heteroatoms. The number of hydrogen-bond acceptors (Lipinski definition) is 3. The van der Waals surface area contributed by atoms with Crippen molar-refractivity contribution >= 4 is 11.6 Å². The van der Waals surface area contributed by atoms with Crippen LogP contribution in [0.25, 0.3) is 0 Å². The Kier molecular flexibility index (Phi) is 3.69. The lowest BCUT2D eigenvalue weighted by Gasteiger charge is -2.02. The van der Waals surface area contributed by atoms with Crippen LogP contribution >= 0.6 is 0 Å². The van der Waals surface area contributed by atoms with Gasteiger partial charge in [-0.25, -0.2) is 4.99 Å². The van der Waals surface area contributed by atoms with Crippen LogP contribution in [0.4, 0.5) is 5.69 Å². The molecule has 14 heavy (non-hydrogen) atoms. The first-order valence-electron chi connectivity index (χ1n) is 4.45. The van der Waals surface area contributed by atoms with E-state index in [4.69, 9.17) is 10.00 Å². The van der Waals surface area contributed by atoms with Gasteiger partial charge in [-0.15, -0.1) is 0 Å². The van der Waals surface area contributed by atoms with Crippen molar-refractivity contribution in [1.82, 2.24) is 0 Å². The van der Waals surface area contributed by atoms with Gasteiger partial charge in [-0.3, -0.25) is 0 Å². The van der Waals surface area contributed by atoms with E-state index in [1.165, 1.54) is 0 Å². The Labute approximate surface area is 83.7 Å². The largest absolute Gasteiger partial charge is 0.481 e. The fourth-order valence-electron chi connectivity index (χ4n) is 1.08. The van der Waals surface area contributed by atoms with Crippen LogP contribution in [-0.2, 0) is 4.74 Å². The van der Waals surface area contributed by atoms with Crippen molar-refractivity contribution in [2.45, 2.75) is 13.8 Å². The van der Waals surface area contributed by atoms with Crippen LogP contribution in [0.1, 0.15) is 19.4 Å². The maximum atomic E-state index is 8.80. The molecule has 1 aromatic rings. The molecule has 0 amide bonds. The highest BCUT2D eigenvalue weighted by Gasteiger charge is 1.99. The molecule has 3 nitrogen and oxygen atoms in total. The van der Waals surface area contributed by atoms with Crippen LogP contribution in [-0.4, -0.2) is 12.5 Å². The van der Waals surface area contributed by atoms with Crippen LogP contribution in [0.3, 0.4) is 0 Å². The lowest BCUT2D eigenvalue weighted by Crippen LogP contribution is -1.97. The standard InChI is InChI=1S/C11H12N2O/c1-3-14-9(2)13-11-7-5-4-6-10(11)8-12/h4-7H,3H2,1-2H3. The highest BCUT2D eigenvalue weighted by Crippen LogP contribution is 2.17. The van der Waals surface area contributed by atoms with E-state index in [2.05, 4.69) is 11.1 Å². The predicted molar refractivity (Wildman–Crippen MR) is 55.6 cm³/mol. The monoisotopic (exact) mass is 188 g/mol. The molecule has 0 fully saturated rings. The van der Waals surface area contributed by atoms with Gasteiger partial charge in [0.05, 0.1) is 17.9 Å². The molecule has 0 radical (unpaired) electrons. The Hall–Kier alpha value is -1.82. The maximum absolute atomic E-state index is 8.80. The first-order chi connectivity index (χ1) is 6.77. The third-order valence-electron chi connectivity index (χ3n) is 1.66. The zero-order valence-corrected chi connectivity index (χ0v) is 8.32. The minimum absolute atomic E-state index is 0.562. The van der Waals surface area contributed by atoms with E-state index in [1.807, 2.05) is 19.1 Å². The van der Waals surface area contributed by atoms with E-state index >= 15 is 0 Å². The highest BCUT2D eigenvalue weighted by molar-refractivity contribution is 5.77. The predicted octanol–water partition coefficient (Wildman–Crippen LogP) is 2.64. The molecule has 0 unspecified atom stereocenters. The first-order valence-corrected chi connectivity index (χ1v) is 4.45. The van der Waals surface area contributed by atoms with Gasteiger partial charge in [0, 0.05) is 6.92 Å². The Balaban J connectivity index is 2.97. The van der Waals surface area contributed by atoms with Crippen molar-refractivity contribution < 1.29 is 4.74 Å². The average molecular weight is 188 g/mol. The summed E-state index contributed by atoms with van der Waals surface area (Å²) in [6, 6.07) is 9.27. The summed E-state index contributed by atoms with van der Waals surface area (Å²) >= 11 is 0. The molecule has 0 aliphatic carbocycles. The second-order valence-electron chi connectivity index (χ2n) is 2.69. The highest BCUT2D eigenvalue weighted by atomic mass is 16.5. The molecule has 0 heterocycles. The van der Waals surface area contributed by atoms with Crippen LogP contribution < -0.4 is 0 Å². The Morgan fingerprint density at radius 3 is 2.86 bits per heavy atom. The summed E-state index contributed by atoms with van der Waals surface area (Å²) in [5, 5.41) is 8.80. The Morgan fingerprint density at radius 1 is 1.50 bits per heavy atom. The van der Waals surface area contributed by atoms with Crippen molar-refractivity contribution in [2.75, 3.05) is 6.61 Å². The van der Waals surface area contributed by atoms with Gasteiger partial charge in [-0.05, 0) is 19.1 Å². The van der Waals surface area contributed by atoms with Gasteiger partial charge < -0.3 is 4.74 Å². The summed E-state index contributed by atoms with van der Waals surface area (Å²) in [6.07, 6.45) is 0. The van der Waals surface area contributed by atoms with Gasteiger partial charge in [0.2, 0.25) is 0 Å². The third-order valence-corrected chi connectivity index (χ3v) is 1.66. The number of hydrogen-bond donors (Lipinski definition) is 0. The van der Waals surface area contributed by atoms with Crippen LogP contribution in [0, 0.1) is 11.3 Å². The summed E-state index contributed by atoms with van der Waals surface area (Å²) in [7, 11) is 0. The fraction of sp³-hybridized carbons (Fsp3) is 0.273. The number of nitriles is 1. The summed E-state index contributed by atoms with van der Waals surface area (Å²) < 4.78 is 5.19. The molecule has 1 rings (SSSR count). The summed E-state index contributed by atoms with van der Waals surface area (Å²) in [5.41, 5.74) is 1.22. The number of benzene rings is 1. The van der Waals surface area contributed by atoms with E-state index in [9.17, 15) is 0 Å². The van der Waals surface area contributed by atoms with Gasteiger partial charge in [-0.2, -0.15) is 5.26 Å². The van der Waals surface area contributed by atoms with Crippen LogP contribution in [0.5, 0.6) is 0 Å². The average Bonchev–Trinajstić information content (AvgIpc) is 2.19. The molecule has 1 aromatic carbocycles. The van der Waals surface area contributed by atoms with E-state index in [1.54, 1.807) is 19.1 Å². The zero-order chi connectivity index (χ0) is 10.4. The second kappa shape index (κ2) is 5.03. The van der Waals surface area contributed by atoms with Gasteiger partial charge in [0.25, 0.3) is 0 Å². The SMILES string of the molecule is CCOC(C)=Nc1ccccc1C#N. The molecular weight excluding hydrogens is 176 g/mol. The number of rotatable bonds is 2. The first kappa shape index (κ1) is 10.3. The lowest BCUT2D eigenvalue weighted by molar-refractivity contribution is 0.325. The van der Waals surface area contributed by atoms with Gasteiger partial charge in [0.15, 0.2) is 5.90 Å². The van der Waals surface area contributed by atoms with Gasteiger partial charge in [-0.1, -0.05) is 12.1 Å². The van der Waals surface area contributed by atoms with Crippen molar-refractivity contribution in [3.8, 4) is 6.07 Å². The van der Waals surface area contributed by atoms with Crippen LogP contribution in [0.2, 0.25) is 0 Å². The fourth-order valence-corrected chi connectivity index (χ4v) is 1.08. The van der Waals surface area contributed by atoms with Gasteiger partial charge >= 0.3 is 0 Å². The molecule has 0 spiro atoms. The number of aliphatic imine (C=N–C) groups is 1. The Bertz CT molecular complexity index is 377.